The molecular formula is C20H34N4O3. The van der Waals surface area contributed by atoms with Gasteiger partial charge in [-0.2, -0.15) is 0 Å². The maximum Gasteiger partial charge on any atom is 0.226 e. The van der Waals surface area contributed by atoms with Crippen LogP contribution in [0.15, 0.2) is 6.20 Å². The zero-order valence-corrected chi connectivity index (χ0v) is 16.3. The molecule has 0 saturated heterocycles. The van der Waals surface area contributed by atoms with Gasteiger partial charge in [0.1, 0.15) is 6.10 Å². The van der Waals surface area contributed by atoms with E-state index in [2.05, 4.69) is 4.98 Å². The molecule has 2 saturated carbocycles. The molecule has 0 aliphatic heterocycles. The highest BCUT2D eigenvalue weighted by atomic mass is 16.3. The van der Waals surface area contributed by atoms with E-state index < -0.39 is 30.1 Å². The molecule has 0 aromatic carbocycles. The number of imidazole rings is 1. The average Bonchev–Trinajstić information content (AvgIpc) is 2.99. The van der Waals surface area contributed by atoms with E-state index in [0.717, 1.165) is 38.5 Å². The smallest absolute Gasteiger partial charge is 0.226 e. The number of carbonyl (C=O) groups excluding carboxylic acids is 1. The molecule has 2 fully saturated rings. The third kappa shape index (κ3) is 4.29. The van der Waals surface area contributed by atoms with Crippen molar-refractivity contribution < 1.29 is 15.0 Å². The van der Waals surface area contributed by atoms with Crippen molar-refractivity contribution in [2.45, 2.75) is 88.9 Å². The number of aliphatic hydroxyl groups excluding tert-OH is 2. The predicted octanol–water partition coefficient (Wildman–Crippen LogP) is 2.09. The lowest BCUT2D eigenvalue weighted by Crippen LogP contribution is -2.43. The van der Waals surface area contributed by atoms with Crippen LogP contribution in [-0.4, -0.2) is 37.9 Å². The van der Waals surface area contributed by atoms with Gasteiger partial charge in [-0.25, -0.2) is 4.98 Å². The number of primary amides is 1. The molecule has 1 amide bonds. The minimum Gasteiger partial charge on any atom is -0.390 e. The Bertz CT molecular complexity index is 637. The predicted molar refractivity (Wildman–Crippen MR) is 104 cm³/mol. The number of nitrogens with two attached hydrogens (primary N) is 2. The SMILES string of the molecule is CC(C(N)=O)c1cnc(N)n1[C@@H](CC1CCCCC1)[C@@H](O)[C@@H](O)C1CCC1. The van der Waals surface area contributed by atoms with Gasteiger partial charge in [0.15, 0.2) is 0 Å². The van der Waals surface area contributed by atoms with Gasteiger partial charge in [0.2, 0.25) is 11.9 Å². The van der Waals surface area contributed by atoms with Crippen LogP contribution in [0, 0.1) is 11.8 Å². The van der Waals surface area contributed by atoms with Gasteiger partial charge in [0, 0.05) is 0 Å². The summed E-state index contributed by atoms with van der Waals surface area (Å²) >= 11 is 0. The van der Waals surface area contributed by atoms with E-state index in [9.17, 15) is 15.0 Å². The summed E-state index contributed by atoms with van der Waals surface area (Å²) in [5.41, 5.74) is 12.3. The van der Waals surface area contributed by atoms with Crippen LogP contribution >= 0.6 is 0 Å². The summed E-state index contributed by atoms with van der Waals surface area (Å²) in [6.45, 7) is 1.72. The molecule has 152 valence electrons. The van der Waals surface area contributed by atoms with Crippen molar-refractivity contribution in [3.63, 3.8) is 0 Å². The summed E-state index contributed by atoms with van der Waals surface area (Å²) in [5.74, 6) is -0.141. The molecule has 4 atom stereocenters. The highest BCUT2D eigenvalue weighted by Crippen LogP contribution is 2.39. The first-order chi connectivity index (χ1) is 12.9. The number of amides is 1. The number of aliphatic hydroxyl groups is 2. The number of aromatic nitrogens is 2. The topological polar surface area (TPSA) is 127 Å². The van der Waals surface area contributed by atoms with E-state index in [1.54, 1.807) is 17.7 Å². The van der Waals surface area contributed by atoms with Gasteiger partial charge < -0.3 is 26.2 Å². The molecule has 1 aromatic rings. The third-order valence-corrected chi connectivity index (χ3v) is 6.73. The summed E-state index contributed by atoms with van der Waals surface area (Å²) in [6.07, 6.45) is 9.45. The van der Waals surface area contributed by atoms with Gasteiger partial charge in [0.05, 0.1) is 30.0 Å². The van der Waals surface area contributed by atoms with Crippen molar-refractivity contribution in [3.05, 3.63) is 11.9 Å². The summed E-state index contributed by atoms with van der Waals surface area (Å²) in [7, 11) is 0. The molecule has 0 bridgehead atoms. The van der Waals surface area contributed by atoms with E-state index in [0.29, 0.717) is 11.6 Å². The minimum absolute atomic E-state index is 0.135. The number of nitrogens with zero attached hydrogens (tertiary/aromatic N) is 2. The summed E-state index contributed by atoms with van der Waals surface area (Å²) in [5, 5.41) is 21.9. The van der Waals surface area contributed by atoms with Gasteiger partial charge in [-0.05, 0) is 38.0 Å². The molecule has 1 unspecified atom stereocenters. The van der Waals surface area contributed by atoms with Crippen molar-refractivity contribution in [1.82, 2.24) is 9.55 Å². The zero-order chi connectivity index (χ0) is 19.6. The first-order valence-electron chi connectivity index (χ1n) is 10.4. The monoisotopic (exact) mass is 378 g/mol. The molecule has 2 aliphatic carbocycles. The molecule has 0 spiro atoms. The van der Waals surface area contributed by atoms with Crippen LogP contribution in [0.25, 0.3) is 0 Å². The van der Waals surface area contributed by atoms with Crippen LogP contribution < -0.4 is 11.5 Å². The number of hydrogen-bond acceptors (Lipinski definition) is 5. The van der Waals surface area contributed by atoms with E-state index in [4.69, 9.17) is 11.5 Å². The number of anilines is 1. The average molecular weight is 379 g/mol. The Hall–Kier alpha value is -1.60. The standard InChI is InChI=1S/C20H34N4O3/c1-12(19(21)27)16-11-23-20(22)24(16)15(10-13-6-3-2-4-7-13)18(26)17(25)14-8-5-9-14/h11-15,17-18,25-26H,2-10H2,1H3,(H2,21,27)(H2,22,23)/t12?,15-,17-,18+/m0/s1. The normalized spacial score (nSPS) is 23.4. The van der Waals surface area contributed by atoms with Gasteiger partial charge in [0.25, 0.3) is 0 Å². The Labute approximate surface area is 161 Å². The molecule has 1 heterocycles. The first-order valence-corrected chi connectivity index (χ1v) is 10.4. The van der Waals surface area contributed by atoms with Crippen LogP contribution in [-0.2, 0) is 4.79 Å². The van der Waals surface area contributed by atoms with Crippen LogP contribution in [0.2, 0.25) is 0 Å². The Morgan fingerprint density at radius 2 is 1.89 bits per heavy atom. The molecule has 1 aromatic heterocycles. The van der Waals surface area contributed by atoms with Crippen molar-refractivity contribution in [1.29, 1.82) is 0 Å². The summed E-state index contributed by atoms with van der Waals surface area (Å²) < 4.78 is 1.76. The first kappa shape index (κ1) is 20.1. The fraction of sp³-hybridized carbons (Fsp3) is 0.800. The van der Waals surface area contributed by atoms with Crippen LogP contribution in [0.1, 0.15) is 82.4 Å². The lowest BCUT2D eigenvalue weighted by atomic mass is 9.76. The van der Waals surface area contributed by atoms with Crippen molar-refractivity contribution in [3.8, 4) is 0 Å². The van der Waals surface area contributed by atoms with Gasteiger partial charge in [-0.15, -0.1) is 0 Å². The van der Waals surface area contributed by atoms with Crippen molar-refractivity contribution in [2.75, 3.05) is 5.73 Å². The largest absolute Gasteiger partial charge is 0.390 e. The maximum atomic E-state index is 11.8. The molecule has 27 heavy (non-hydrogen) atoms. The van der Waals surface area contributed by atoms with Gasteiger partial charge in [-0.3, -0.25) is 4.79 Å². The summed E-state index contributed by atoms with van der Waals surface area (Å²) in [4.78, 5) is 16.0. The van der Waals surface area contributed by atoms with E-state index in [-0.39, 0.29) is 11.9 Å². The Balaban J connectivity index is 1.91. The molecule has 7 heteroatoms. The highest BCUT2D eigenvalue weighted by Gasteiger charge is 2.39. The van der Waals surface area contributed by atoms with Crippen molar-refractivity contribution >= 4 is 11.9 Å². The second-order valence-corrected chi connectivity index (χ2v) is 8.51. The van der Waals surface area contributed by atoms with Gasteiger partial charge >= 0.3 is 0 Å². The Morgan fingerprint density at radius 1 is 1.22 bits per heavy atom. The number of hydrogen-bond donors (Lipinski definition) is 4. The molecule has 6 N–H and O–H groups in total. The Morgan fingerprint density at radius 3 is 2.44 bits per heavy atom. The molecule has 0 radical (unpaired) electrons. The number of rotatable bonds is 8. The number of nitrogen functional groups attached to an aromatic ring is 1. The zero-order valence-electron chi connectivity index (χ0n) is 16.3. The van der Waals surface area contributed by atoms with Gasteiger partial charge in [-0.1, -0.05) is 38.5 Å². The second kappa shape index (κ2) is 8.61. The van der Waals surface area contributed by atoms with Crippen LogP contribution in [0.3, 0.4) is 0 Å². The quantitative estimate of drug-likeness (QED) is 0.551. The summed E-state index contributed by atoms with van der Waals surface area (Å²) in [6, 6.07) is -0.400. The minimum atomic E-state index is -0.937. The molecule has 2 aliphatic rings. The fourth-order valence-corrected chi connectivity index (χ4v) is 4.67. The van der Waals surface area contributed by atoms with E-state index in [1.807, 2.05) is 0 Å². The molecule has 7 nitrogen and oxygen atoms in total. The Kier molecular flexibility index (Phi) is 6.42. The third-order valence-electron chi connectivity index (χ3n) is 6.73. The van der Waals surface area contributed by atoms with Crippen LogP contribution in [0.5, 0.6) is 0 Å². The maximum absolute atomic E-state index is 11.8. The lowest BCUT2D eigenvalue weighted by Gasteiger charge is -2.39. The molecular weight excluding hydrogens is 344 g/mol. The second-order valence-electron chi connectivity index (χ2n) is 8.51. The molecule has 3 rings (SSSR count). The van der Waals surface area contributed by atoms with E-state index >= 15 is 0 Å². The fourth-order valence-electron chi connectivity index (χ4n) is 4.67. The van der Waals surface area contributed by atoms with Crippen LogP contribution in [0.4, 0.5) is 5.95 Å². The number of carbonyl (C=O) groups is 1. The van der Waals surface area contributed by atoms with Crippen molar-refractivity contribution in [2.24, 2.45) is 17.6 Å². The van der Waals surface area contributed by atoms with E-state index in [1.165, 1.54) is 19.3 Å². The lowest BCUT2D eigenvalue weighted by molar-refractivity contribution is -0.119. The highest BCUT2D eigenvalue weighted by molar-refractivity contribution is 5.81.